The highest BCUT2D eigenvalue weighted by Crippen LogP contribution is 2.17. The molecule has 0 bridgehead atoms. The molecule has 0 radical (unpaired) electrons. The molecule has 1 aromatic carbocycles. The van der Waals surface area contributed by atoms with Gasteiger partial charge >= 0.3 is 0 Å². The lowest BCUT2D eigenvalue weighted by Crippen LogP contribution is -2.50. The maximum absolute atomic E-state index is 12.5. The molecule has 1 aliphatic rings. The molecule has 1 saturated heterocycles. The second-order valence-corrected chi connectivity index (χ2v) is 8.13. The van der Waals surface area contributed by atoms with Crippen molar-refractivity contribution in [2.75, 3.05) is 45.1 Å². The highest BCUT2D eigenvalue weighted by Gasteiger charge is 2.21. The Hall–Kier alpha value is -1.83. The van der Waals surface area contributed by atoms with Crippen LogP contribution in [0, 0.1) is 13.8 Å². The molecule has 0 spiro atoms. The standard InChI is InChI=1S/C20H25ClN4O2S/c1-15-13-16(2)23-20(22-15)28-14-19(26)25-9-7-24(8-10-25)11-12-27-18-5-3-17(21)4-6-18/h3-6,13H,7-12,14H2,1-2H3. The first-order valence-electron chi connectivity index (χ1n) is 9.33. The van der Waals surface area contributed by atoms with Crippen LogP contribution >= 0.6 is 23.4 Å². The minimum Gasteiger partial charge on any atom is -0.492 e. The monoisotopic (exact) mass is 420 g/mol. The molecule has 6 nitrogen and oxygen atoms in total. The number of hydrogen-bond donors (Lipinski definition) is 0. The molecule has 1 aliphatic heterocycles. The van der Waals surface area contributed by atoms with Gasteiger partial charge in [0.05, 0.1) is 5.75 Å². The van der Waals surface area contributed by atoms with Gasteiger partial charge in [0.15, 0.2) is 5.16 Å². The number of carbonyl (C=O) groups is 1. The van der Waals surface area contributed by atoms with Crippen LogP contribution in [-0.4, -0.2) is 70.8 Å². The predicted octanol–water partition coefficient (Wildman–Crippen LogP) is 3.06. The first kappa shape index (κ1) is 20.9. The van der Waals surface area contributed by atoms with Crippen LogP contribution < -0.4 is 4.74 Å². The van der Waals surface area contributed by atoms with Crippen molar-refractivity contribution in [2.45, 2.75) is 19.0 Å². The van der Waals surface area contributed by atoms with Crippen LogP contribution in [0.4, 0.5) is 0 Å². The van der Waals surface area contributed by atoms with Crippen LogP contribution in [0.15, 0.2) is 35.5 Å². The summed E-state index contributed by atoms with van der Waals surface area (Å²) in [5, 5.41) is 1.37. The van der Waals surface area contributed by atoms with Crippen molar-refractivity contribution in [3.05, 3.63) is 46.7 Å². The molecule has 0 atom stereocenters. The summed E-state index contributed by atoms with van der Waals surface area (Å²) >= 11 is 7.28. The van der Waals surface area contributed by atoms with Crippen LogP contribution in [-0.2, 0) is 4.79 Å². The molecular formula is C20H25ClN4O2S. The van der Waals surface area contributed by atoms with E-state index in [1.165, 1.54) is 11.8 Å². The molecule has 2 heterocycles. The number of aryl methyl sites for hydroxylation is 2. The van der Waals surface area contributed by atoms with Gasteiger partial charge < -0.3 is 9.64 Å². The third kappa shape index (κ3) is 6.36. The van der Waals surface area contributed by atoms with E-state index in [1.807, 2.05) is 49.1 Å². The first-order valence-corrected chi connectivity index (χ1v) is 10.7. The molecule has 0 saturated carbocycles. The van der Waals surface area contributed by atoms with Crippen molar-refractivity contribution in [2.24, 2.45) is 0 Å². The normalized spacial score (nSPS) is 14.9. The quantitative estimate of drug-likeness (QED) is 0.506. The number of ether oxygens (including phenoxy) is 1. The van der Waals surface area contributed by atoms with E-state index in [1.54, 1.807) is 0 Å². The highest BCUT2D eigenvalue weighted by molar-refractivity contribution is 7.99. The van der Waals surface area contributed by atoms with E-state index < -0.39 is 0 Å². The van der Waals surface area contributed by atoms with Crippen LogP contribution in [0.5, 0.6) is 5.75 Å². The van der Waals surface area contributed by atoms with Gasteiger partial charge in [-0.25, -0.2) is 9.97 Å². The van der Waals surface area contributed by atoms with Crippen molar-refractivity contribution in [3.8, 4) is 5.75 Å². The Morgan fingerprint density at radius 2 is 1.75 bits per heavy atom. The second kappa shape index (κ2) is 10.1. The van der Waals surface area contributed by atoms with E-state index in [0.29, 0.717) is 22.5 Å². The lowest BCUT2D eigenvalue weighted by Gasteiger charge is -2.34. The van der Waals surface area contributed by atoms with Crippen LogP contribution in [0.2, 0.25) is 5.02 Å². The Morgan fingerprint density at radius 1 is 1.11 bits per heavy atom. The molecule has 3 rings (SSSR count). The SMILES string of the molecule is Cc1cc(C)nc(SCC(=O)N2CCN(CCOc3ccc(Cl)cc3)CC2)n1. The zero-order chi connectivity index (χ0) is 19.9. The zero-order valence-corrected chi connectivity index (χ0v) is 17.8. The van der Waals surface area contributed by atoms with Gasteiger partial charge in [-0.15, -0.1) is 0 Å². The topological polar surface area (TPSA) is 58.6 Å². The van der Waals surface area contributed by atoms with E-state index >= 15 is 0 Å². The maximum Gasteiger partial charge on any atom is 0.233 e. The fourth-order valence-electron chi connectivity index (χ4n) is 3.02. The van der Waals surface area contributed by atoms with Gasteiger partial charge in [-0.05, 0) is 44.2 Å². The Labute approximate surface area is 175 Å². The Morgan fingerprint density at radius 3 is 2.39 bits per heavy atom. The average Bonchev–Trinajstić information content (AvgIpc) is 2.67. The van der Waals surface area contributed by atoms with Crippen molar-refractivity contribution in [3.63, 3.8) is 0 Å². The van der Waals surface area contributed by atoms with Crippen LogP contribution in [0.1, 0.15) is 11.4 Å². The summed E-state index contributed by atoms with van der Waals surface area (Å²) in [5.74, 6) is 1.34. The summed E-state index contributed by atoms with van der Waals surface area (Å²) < 4.78 is 5.75. The molecule has 0 aliphatic carbocycles. The largest absolute Gasteiger partial charge is 0.492 e. The summed E-state index contributed by atoms with van der Waals surface area (Å²) in [6.07, 6.45) is 0. The lowest BCUT2D eigenvalue weighted by molar-refractivity contribution is -0.130. The van der Waals surface area contributed by atoms with Gasteiger partial charge in [0, 0.05) is 49.1 Å². The number of rotatable bonds is 7. The van der Waals surface area contributed by atoms with Gasteiger partial charge in [0.1, 0.15) is 12.4 Å². The lowest BCUT2D eigenvalue weighted by atomic mass is 10.3. The smallest absolute Gasteiger partial charge is 0.233 e. The maximum atomic E-state index is 12.5. The summed E-state index contributed by atoms with van der Waals surface area (Å²) in [4.78, 5) is 25.5. The van der Waals surface area contributed by atoms with Crippen molar-refractivity contribution < 1.29 is 9.53 Å². The Kier molecular flexibility index (Phi) is 7.53. The minimum absolute atomic E-state index is 0.143. The molecule has 28 heavy (non-hydrogen) atoms. The fourth-order valence-corrected chi connectivity index (χ4v) is 4.00. The van der Waals surface area contributed by atoms with E-state index in [2.05, 4.69) is 14.9 Å². The number of carbonyl (C=O) groups excluding carboxylic acids is 1. The fraction of sp³-hybridized carbons (Fsp3) is 0.450. The third-order valence-electron chi connectivity index (χ3n) is 4.50. The number of nitrogens with zero attached hydrogens (tertiary/aromatic N) is 4. The summed E-state index contributed by atoms with van der Waals surface area (Å²) in [7, 11) is 0. The molecule has 1 aromatic heterocycles. The predicted molar refractivity (Wildman–Crippen MR) is 112 cm³/mol. The Bertz CT molecular complexity index is 775. The zero-order valence-electron chi connectivity index (χ0n) is 16.2. The highest BCUT2D eigenvalue weighted by atomic mass is 35.5. The number of piperazine rings is 1. The molecule has 1 amide bonds. The van der Waals surface area contributed by atoms with Gasteiger partial charge in [-0.3, -0.25) is 9.69 Å². The van der Waals surface area contributed by atoms with Crippen LogP contribution in [0.25, 0.3) is 0 Å². The minimum atomic E-state index is 0.143. The number of benzene rings is 1. The molecule has 1 fully saturated rings. The van der Waals surface area contributed by atoms with Gasteiger partial charge in [-0.1, -0.05) is 23.4 Å². The summed E-state index contributed by atoms with van der Waals surface area (Å²) in [5.41, 5.74) is 1.86. The Balaban J connectivity index is 1.36. The number of halogens is 1. The number of aromatic nitrogens is 2. The van der Waals surface area contributed by atoms with Gasteiger partial charge in [0.25, 0.3) is 0 Å². The van der Waals surface area contributed by atoms with Crippen molar-refractivity contribution in [1.29, 1.82) is 0 Å². The van der Waals surface area contributed by atoms with Crippen molar-refractivity contribution in [1.82, 2.24) is 19.8 Å². The molecule has 150 valence electrons. The summed E-state index contributed by atoms with van der Waals surface area (Å²) in [6, 6.07) is 9.32. The number of thioether (sulfide) groups is 1. The molecule has 8 heteroatoms. The van der Waals surface area contributed by atoms with E-state index in [4.69, 9.17) is 16.3 Å². The molecule has 0 unspecified atom stereocenters. The third-order valence-corrected chi connectivity index (χ3v) is 5.59. The molecule has 2 aromatic rings. The number of amides is 1. The van der Waals surface area contributed by atoms with Gasteiger partial charge in [-0.2, -0.15) is 0 Å². The number of hydrogen-bond acceptors (Lipinski definition) is 6. The van der Waals surface area contributed by atoms with Gasteiger partial charge in [0.2, 0.25) is 5.91 Å². The van der Waals surface area contributed by atoms with Crippen molar-refractivity contribution >= 4 is 29.3 Å². The van der Waals surface area contributed by atoms with E-state index in [-0.39, 0.29) is 5.91 Å². The average molecular weight is 421 g/mol. The molecular weight excluding hydrogens is 396 g/mol. The first-order chi connectivity index (χ1) is 13.5. The second-order valence-electron chi connectivity index (χ2n) is 6.75. The molecule has 0 N–H and O–H groups in total. The van der Waals surface area contributed by atoms with Crippen LogP contribution in [0.3, 0.4) is 0 Å². The van der Waals surface area contributed by atoms with E-state index in [0.717, 1.165) is 49.9 Å². The summed E-state index contributed by atoms with van der Waals surface area (Å²) in [6.45, 7) is 8.56. The van der Waals surface area contributed by atoms with E-state index in [9.17, 15) is 4.79 Å².